The molecule has 3 nitrogen and oxygen atoms in total. The van der Waals surface area contributed by atoms with Crippen molar-refractivity contribution < 1.29 is 9.90 Å². The number of halogens is 1. The summed E-state index contributed by atoms with van der Waals surface area (Å²) in [6.07, 6.45) is 0. The lowest BCUT2D eigenvalue weighted by Gasteiger charge is -2.05. The van der Waals surface area contributed by atoms with Gasteiger partial charge in [-0.1, -0.05) is 12.1 Å². The van der Waals surface area contributed by atoms with Gasteiger partial charge in [0.05, 0.1) is 0 Å². The monoisotopic (exact) mass is 277 g/mol. The summed E-state index contributed by atoms with van der Waals surface area (Å²) in [4.78, 5) is 10.5. The van der Waals surface area contributed by atoms with Gasteiger partial charge in [-0.15, -0.1) is 0 Å². The maximum absolute atomic E-state index is 10.5. The third-order valence-electron chi connectivity index (χ3n) is 1.47. The molecule has 3 N–H and O–H groups in total. The number of nitrogens with two attached hydrogens (primary N) is 1. The second-order valence-corrected chi connectivity index (χ2v) is 3.62. The fourth-order valence-corrected chi connectivity index (χ4v) is 1.41. The van der Waals surface area contributed by atoms with E-state index in [4.69, 9.17) is 10.8 Å². The maximum atomic E-state index is 10.5. The van der Waals surface area contributed by atoms with Gasteiger partial charge in [0.1, 0.15) is 6.04 Å². The van der Waals surface area contributed by atoms with Gasteiger partial charge in [0.25, 0.3) is 0 Å². The van der Waals surface area contributed by atoms with Crippen LogP contribution in [0.15, 0.2) is 24.3 Å². The molecule has 0 bridgehead atoms. The first-order valence-electron chi connectivity index (χ1n) is 3.35. The Hall–Kier alpha value is -0.620. The zero-order chi connectivity index (χ0) is 9.14. The predicted octanol–water partition coefficient (Wildman–Crippen LogP) is 1.38. The highest BCUT2D eigenvalue weighted by Gasteiger charge is 2.13. The van der Waals surface area contributed by atoms with Crippen molar-refractivity contribution in [1.82, 2.24) is 0 Å². The van der Waals surface area contributed by atoms with Gasteiger partial charge in [0.15, 0.2) is 0 Å². The van der Waals surface area contributed by atoms with Crippen LogP contribution in [0.4, 0.5) is 0 Å². The normalized spacial score (nSPS) is 12.5. The minimum absolute atomic E-state index is 0.634. The van der Waals surface area contributed by atoms with Crippen LogP contribution in [-0.4, -0.2) is 11.1 Å². The van der Waals surface area contributed by atoms with Gasteiger partial charge >= 0.3 is 5.97 Å². The Morgan fingerprint density at radius 3 is 2.75 bits per heavy atom. The van der Waals surface area contributed by atoms with Crippen LogP contribution in [0.5, 0.6) is 0 Å². The average Bonchev–Trinajstić information content (AvgIpc) is 2.03. The van der Waals surface area contributed by atoms with E-state index in [1.165, 1.54) is 0 Å². The van der Waals surface area contributed by atoms with Crippen molar-refractivity contribution in [3.8, 4) is 0 Å². The van der Waals surface area contributed by atoms with E-state index in [1.54, 1.807) is 18.2 Å². The lowest BCUT2D eigenvalue weighted by molar-refractivity contribution is -0.138. The minimum atomic E-state index is -1.00. The Labute approximate surface area is 83.7 Å². The number of carboxylic acid groups (broad SMARTS) is 1. The molecule has 1 aromatic rings. The molecular formula is C8H8INO2. The summed E-state index contributed by atoms with van der Waals surface area (Å²) in [5.41, 5.74) is 6.04. The third-order valence-corrected chi connectivity index (χ3v) is 2.14. The first kappa shape index (κ1) is 9.47. The topological polar surface area (TPSA) is 63.3 Å². The molecule has 4 heteroatoms. The summed E-state index contributed by atoms with van der Waals surface area (Å²) in [5, 5.41) is 8.60. The molecule has 0 aliphatic carbocycles. The van der Waals surface area contributed by atoms with E-state index in [9.17, 15) is 4.79 Å². The molecule has 0 radical (unpaired) electrons. The van der Waals surface area contributed by atoms with Gasteiger partial charge in [-0.3, -0.25) is 4.79 Å². The largest absolute Gasteiger partial charge is 0.480 e. The number of hydrogen-bond donors (Lipinski definition) is 2. The molecule has 0 heterocycles. The number of carboxylic acids is 1. The zero-order valence-corrected chi connectivity index (χ0v) is 8.36. The molecule has 0 saturated heterocycles. The molecule has 1 atom stereocenters. The summed E-state index contributed by atoms with van der Waals surface area (Å²) in [6.45, 7) is 0. The number of aliphatic carboxylic acids is 1. The zero-order valence-electron chi connectivity index (χ0n) is 6.20. The summed E-state index contributed by atoms with van der Waals surface area (Å²) >= 11 is 2.11. The van der Waals surface area contributed by atoms with Crippen LogP contribution in [-0.2, 0) is 4.79 Å². The lowest BCUT2D eigenvalue weighted by Crippen LogP contribution is -2.20. The van der Waals surface area contributed by atoms with Gasteiger partial charge in [-0.2, -0.15) is 0 Å². The van der Waals surface area contributed by atoms with Crippen molar-refractivity contribution in [1.29, 1.82) is 0 Å². The number of benzene rings is 1. The van der Waals surface area contributed by atoms with Crippen molar-refractivity contribution in [3.63, 3.8) is 0 Å². The molecule has 1 rings (SSSR count). The van der Waals surface area contributed by atoms with E-state index >= 15 is 0 Å². The van der Waals surface area contributed by atoms with Gasteiger partial charge in [0.2, 0.25) is 0 Å². The first-order valence-corrected chi connectivity index (χ1v) is 4.43. The van der Waals surface area contributed by atoms with Crippen LogP contribution in [0.1, 0.15) is 11.6 Å². The molecule has 0 fully saturated rings. The molecular weight excluding hydrogens is 269 g/mol. The Morgan fingerprint density at radius 1 is 1.58 bits per heavy atom. The first-order chi connectivity index (χ1) is 5.61. The highest BCUT2D eigenvalue weighted by atomic mass is 127. The Kier molecular flexibility index (Phi) is 3.05. The van der Waals surface area contributed by atoms with Gasteiger partial charge in [0, 0.05) is 3.57 Å². The second kappa shape index (κ2) is 3.86. The molecule has 0 amide bonds. The fourth-order valence-electron chi connectivity index (χ4n) is 0.843. The van der Waals surface area contributed by atoms with Crippen LogP contribution in [0.25, 0.3) is 0 Å². The summed E-state index contributed by atoms with van der Waals surface area (Å²) in [5.74, 6) is -1.00. The molecule has 0 aliphatic heterocycles. The number of hydrogen-bond acceptors (Lipinski definition) is 2. The van der Waals surface area contributed by atoms with E-state index < -0.39 is 12.0 Å². The number of rotatable bonds is 2. The van der Waals surface area contributed by atoms with Crippen LogP contribution < -0.4 is 5.73 Å². The Bertz CT molecular complexity index is 301. The molecule has 0 unspecified atom stereocenters. The highest BCUT2D eigenvalue weighted by Crippen LogP contribution is 2.13. The van der Waals surface area contributed by atoms with Gasteiger partial charge in [-0.25, -0.2) is 0 Å². The smallest absolute Gasteiger partial charge is 0.325 e. The van der Waals surface area contributed by atoms with Gasteiger partial charge in [-0.05, 0) is 40.3 Å². The summed E-state index contributed by atoms with van der Waals surface area (Å²) in [7, 11) is 0. The molecule has 0 aliphatic rings. The standard InChI is InChI=1S/C8H8INO2/c9-6-3-1-2-5(4-6)7(10)8(11)12/h1-4,7H,10H2,(H,11,12)/t7-/m1/s1. The van der Waals surface area contributed by atoms with Crippen molar-refractivity contribution in [2.45, 2.75) is 6.04 Å². The molecule has 0 spiro atoms. The lowest BCUT2D eigenvalue weighted by atomic mass is 10.1. The van der Waals surface area contributed by atoms with Crippen LogP contribution >= 0.6 is 22.6 Å². The highest BCUT2D eigenvalue weighted by molar-refractivity contribution is 14.1. The second-order valence-electron chi connectivity index (χ2n) is 2.37. The van der Waals surface area contributed by atoms with Crippen LogP contribution in [0.3, 0.4) is 0 Å². The minimum Gasteiger partial charge on any atom is -0.480 e. The van der Waals surface area contributed by atoms with E-state index in [0.29, 0.717) is 5.56 Å². The fraction of sp³-hybridized carbons (Fsp3) is 0.125. The van der Waals surface area contributed by atoms with Gasteiger partial charge < -0.3 is 10.8 Å². The molecule has 0 aromatic heterocycles. The van der Waals surface area contributed by atoms with E-state index in [-0.39, 0.29) is 0 Å². The van der Waals surface area contributed by atoms with E-state index in [0.717, 1.165) is 3.57 Å². The molecule has 12 heavy (non-hydrogen) atoms. The van der Waals surface area contributed by atoms with E-state index in [2.05, 4.69) is 22.6 Å². The molecule has 64 valence electrons. The summed E-state index contributed by atoms with van der Waals surface area (Å²) in [6, 6.07) is 6.23. The van der Waals surface area contributed by atoms with E-state index in [1.807, 2.05) is 6.07 Å². The maximum Gasteiger partial charge on any atom is 0.325 e. The molecule has 0 saturated carbocycles. The van der Waals surface area contributed by atoms with Crippen molar-refractivity contribution >= 4 is 28.6 Å². The Balaban J connectivity index is 2.95. The SMILES string of the molecule is N[C@@H](C(=O)O)c1cccc(I)c1. The van der Waals surface area contributed by atoms with Crippen molar-refractivity contribution in [2.24, 2.45) is 5.73 Å². The molecule has 1 aromatic carbocycles. The van der Waals surface area contributed by atoms with Crippen molar-refractivity contribution in [3.05, 3.63) is 33.4 Å². The van der Waals surface area contributed by atoms with Crippen molar-refractivity contribution in [2.75, 3.05) is 0 Å². The predicted molar refractivity (Wildman–Crippen MR) is 53.7 cm³/mol. The average molecular weight is 277 g/mol. The Morgan fingerprint density at radius 2 is 2.25 bits per heavy atom. The third kappa shape index (κ3) is 2.18. The number of carbonyl (C=O) groups is 1. The van der Waals surface area contributed by atoms with Crippen LogP contribution in [0, 0.1) is 3.57 Å². The van der Waals surface area contributed by atoms with Crippen LogP contribution in [0.2, 0.25) is 0 Å². The quantitative estimate of drug-likeness (QED) is 0.803. The summed E-state index contributed by atoms with van der Waals surface area (Å²) < 4.78 is 0.988.